The van der Waals surface area contributed by atoms with Crippen molar-refractivity contribution in [3.8, 4) is 0 Å². The van der Waals surface area contributed by atoms with Crippen molar-refractivity contribution in [1.82, 2.24) is 10.2 Å². The fraction of sp³-hybridized carbons (Fsp3) is 0.667. The second-order valence-electron chi connectivity index (χ2n) is 6.24. The monoisotopic (exact) mass is 386 g/mol. The number of carbonyl (C=O) groups excluding carboxylic acids is 2. The van der Waals surface area contributed by atoms with Crippen LogP contribution in [0.25, 0.3) is 0 Å². The third-order valence-electron chi connectivity index (χ3n) is 4.11. The van der Waals surface area contributed by atoms with E-state index in [4.69, 9.17) is 22.3 Å². The van der Waals surface area contributed by atoms with Crippen LogP contribution >= 0.6 is 0 Å². The van der Waals surface area contributed by atoms with E-state index in [-0.39, 0.29) is 25.5 Å². The highest BCUT2D eigenvalue weighted by molar-refractivity contribution is 5.93. The Morgan fingerprint density at radius 3 is 2.44 bits per heavy atom. The first-order valence-corrected chi connectivity index (χ1v) is 8.50. The first-order valence-electron chi connectivity index (χ1n) is 8.50. The highest BCUT2D eigenvalue weighted by atomic mass is 16.4. The molecule has 0 aliphatic carbocycles. The van der Waals surface area contributed by atoms with Gasteiger partial charge in [-0.15, -0.1) is 0 Å². The number of rotatable bonds is 10. The van der Waals surface area contributed by atoms with Crippen LogP contribution in [-0.2, 0) is 19.2 Å². The van der Waals surface area contributed by atoms with Crippen LogP contribution in [0.2, 0.25) is 0 Å². The van der Waals surface area contributed by atoms with E-state index in [0.29, 0.717) is 19.3 Å². The average Bonchev–Trinajstić information content (AvgIpc) is 3.05. The van der Waals surface area contributed by atoms with Gasteiger partial charge in [0.2, 0.25) is 11.8 Å². The molecule has 0 spiro atoms. The average molecular weight is 386 g/mol. The summed E-state index contributed by atoms with van der Waals surface area (Å²) in [5, 5.41) is 20.4. The molecule has 1 saturated heterocycles. The van der Waals surface area contributed by atoms with Crippen molar-refractivity contribution in [1.29, 1.82) is 0 Å². The van der Waals surface area contributed by atoms with Crippen LogP contribution in [0.4, 0.5) is 0 Å². The maximum Gasteiger partial charge on any atom is 0.326 e. The van der Waals surface area contributed by atoms with E-state index in [1.807, 2.05) is 0 Å². The van der Waals surface area contributed by atoms with Crippen molar-refractivity contribution in [3.63, 3.8) is 0 Å². The van der Waals surface area contributed by atoms with Gasteiger partial charge >= 0.3 is 11.9 Å². The number of carbonyl (C=O) groups is 4. The van der Waals surface area contributed by atoms with Gasteiger partial charge in [-0.1, -0.05) is 0 Å². The molecular formula is C15H26N6O6. The maximum atomic E-state index is 12.5. The molecule has 27 heavy (non-hydrogen) atoms. The lowest BCUT2D eigenvalue weighted by molar-refractivity contribution is -0.146. The number of nitrogens with one attached hydrogen (secondary N) is 1. The van der Waals surface area contributed by atoms with Gasteiger partial charge in [0.25, 0.3) is 0 Å². The number of amides is 2. The molecule has 2 amide bonds. The molecule has 1 rings (SSSR count). The molecule has 1 heterocycles. The second-order valence-corrected chi connectivity index (χ2v) is 6.24. The lowest BCUT2D eigenvalue weighted by Crippen LogP contribution is -2.54. The number of aliphatic imine (C=N–C) groups is 1. The van der Waals surface area contributed by atoms with Crippen molar-refractivity contribution in [2.75, 3.05) is 13.1 Å². The van der Waals surface area contributed by atoms with E-state index in [9.17, 15) is 24.3 Å². The van der Waals surface area contributed by atoms with Gasteiger partial charge < -0.3 is 37.6 Å². The Morgan fingerprint density at radius 1 is 1.22 bits per heavy atom. The number of carboxylic acids is 2. The topological polar surface area (TPSA) is 214 Å². The van der Waals surface area contributed by atoms with E-state index < -0.39 is 48.3 Å². The van der Waals surface area contributed by atoms with Crippen LogP contribution in [0.3, 0.4) is 0 Å². The van der Waals surface area contributed by atoms with Crippen molar-refractivity contribution < 1.29 is 29.4 Å². The summed E-state index contributed by atoms with van der Waals surface area (Å²) in [4.78, 5) is 51.8. The SMILES string of the molecule is NC(N)=NCCC[C@H](NC(=O)[C@@H]1CCCN1C(=O)[C@@H](N)CC(=O)O)C(=O)O. The van der Waals surface area contributed by atoms with E-state index >= 15 is 0 Å². The minimum absolute atomic E-state index is 0.108. The molecule has 12 nitrogen and oxygen atoms in total. The first-order chi connectivity index (χ1) is 12.6. The molecule has 1 fully saturated rings. The largest absolute Gasteiger partial charge is 0.481 e. The van der Waals surface area contributed by atoms with Gasteiger partial charge in [0.1, 0.15) is 12.1 Å². The number of guanidine groups is 1. The molecule has 0 aromatic carbocycles. The molecule has 3 atom stereocenters. The molecule has 12 heteroatoms. The number of likely N-dealkylation sites (tertiary alicyclic amines) is 1. The van der Waals surface area contributed by atoms with Gasteiger partial charge in [-0.2, -0.15) is 0 Å². The molecule has 0 radical (unpaired) electrons. The predicted molar refractivity (Wildman–Crippen MR) is 94.4 cm³/mol. The van der Waals surface area contributed by atoms with Gasteiger partial charge in [-0.3, -0.25) is 19.4 Å². The first kappa shape index (κ1) is 22.2. The normalized spacial score (nSPS) is 18.4. The number of hydrogen-bond donors (Lipinski definition) is 6. The smallest absolute Gasteiger partial charge is 0.326 e. The highest BCUT2D eigenvalue weighted by Gasteiger charge is 2.37. The molecule has 9 N–H and O–H groups in total. The number of nitrogens with two attached hydrogens (primary N) is 3. The molecule has 1 aliphatic heterocycles. The summed E-state index contributed by atoms with van der Waals surface area (Å²) >= 11 is 0. The van der Waals surface area contributed by atoms with Gasteiger partial charge in [0.15, 0.2) is 5.96 Å². The molecule has 0 bridgehead atoms. The zero-order valence-electron chi connectivity index (χ0n) is 14.8. The third kappa shape index (κ3) is 7.09. The Bertz CT molecular complexity index is 606. The molecule has 0 aromatic rings. The van der Waals surface area contributed by atoms with Crippen LogP contribution in [0.5, 0.6) is 0 Å². The van der Waals surface area contributed by atoms with Gasteiger partial charge in [0.05, 0.1) is 12.5 Å². The van der Waals surface area contributed by atoms with E-state index in [2.05, 4.69) is 10.3 Å². The lowest BCUT2D eigenvalue weighted by atomic mass is 10.1. The number of nitrogens with zero attached hydrogens (tertiary/aromatic N) is 2. The molecule has 1 aliphatic rings. The van der Waals surface area contributed by atoms with Gasteiger partial charge in [0, 0.05) is 13.1 Å². The zero-order valence-corrected chi connectivity index (χ0v) is 14.8. The molecule has 0 aromatic heterocycles. The van der Waals surface area contributed by atoms with E-state index in [1.54, 1.807) is 0 Å². The quantitative estimate of drug-likeness (QED) is 0.132. The Morgan fingerprint density at radius 2 is 1.89 bits per heavy atom. The number of hydrogen-bond acceptors (Lipinski definition) is 6. The summed E-state index contributed by atoms with van der Waals surface area (Å²) in [5.41, 5.74) is 16.0. The Kier molecular flexibility index (Phi) is 8.45. The summed E-state index contributed by atoms with van der Waals surface area (Å²) in [6, 6.07) is -3.29. The fourth-order valence-corrected chi connectivity index (χ4v) is 2.82. The Labute approximate surface area is 155 Å². The van der Waals surface area contributed by atoms with Crippen LogP contribution in [0.1, 0.15) is 32.1 Å². The van der Waals surface area contributed by atoms with Gasteiger partial charge in [-0.05, 0) is 25.7 Å². The molecule has 0 saturated carbocycles. The fourth-order valence-electron chi connectivity index (χ4n) is 2.82. The van der Waals surface area contributed by atoms with E-state index in [0.717, 1.165) is 0 Å². The standard InChI is InChI=1S/C15H26N6O6/c16-8(7-11(22)23)13(25)21-6-2-4-10(21)12(24)20-9(14(26)27)3-1-5-19-15(17)18/h8-10H,1-7,16H2,(H,20,24)(H,22,23)(H,26,27)(H4,17,18,19)/t8-,9-,10-/m0/s1. The highest BCUT2D eigenvalue weighted by Crippen LogP contribution is 2.19. The number of aliphatic carboxylic acids is 2. The zero-order chi connectivity index (χ0) is 20.6. The van der Waals surface area contributed by atoms with Crippen LogP contribution in [0, 0.1) is 0 Å². The van der Waals surface area contributed by atoms with Gasteiger partial charge in [-0.25, -0.2) is 4.79 Å². The summed E-state index contributed by atoms with van der Waals surface area (Å²) in [5.74, 6) is -3.80. The predicted octanol–water partition coefficient (Wildman–Crippen LogP) is -2.60. The summed E-state index contributed by atoms with van der Waals surface area (Å²) in [7, 11) is 0. The molecule has 0 unspecified atom stereocenters. The summed E-state index contributed by atoms with van der Waals surface area (Å²) in [6.45, 7) is 0.479. The maximum absolute atomic E-state index is 12.5. The van der Waals surface area contributed by atoms with Crippen molar-refractivity contribution in [2.45, 2.75) is 50.2 Å². The summed E-state index contributed by atoms with van der Waals surface area (Å²) < 4.78 is 0. The minimum atomic E-state index is -1.26. The van der Waals surface area contributed by atoms with Crippen LogP contribution < -0.4 is 22.5 Å². The van der Waals surface area contributed by atoms with Crippen molar-refractivity contribution in [2.24, 2.45) is 22.2 Å². The summed E-state index contributed by atoms with van der Waals surface area (Å²) in [6.07, 6.45) is 0.777. The Balaban J connectivity index is 2.68. The number of carboxylic acid groups (broad SMARTS) is 2. The third-order valence-corrected chi connectivity index (χ3v) is 4.11. The molecular weight excluding hydrogens is 360 g/mol. The molecule has 152 valence electrons. The Hall–Kier alpha value is -2.89. The van der Waals surface area contributed by atoms with Crippen LogP contribution in [-0.4, -0.2) is 76.0 Å². The second kappa shape index (κ2) is 10.3. The lowest BCUT2D eigenvalue weighted by Gasteiger charge is -2.27. The van der Waals surface area contributed by atoms with Crippen LogP contribution in [0.15, 0.2) is 4.99 Å². The van der Waals surface area contributed by atoms with E-state index in [1.165, 1.54) is 4.90 Å². The minimum Gasteiger partial charge on any atom is -0.481 e. The van der Waals surface area contributed by atoms with Crippen molar-refractivity contribution in [3.05, 3.63) is 0 Å². The van der Waals surface area contributed by atoms with Crippen molar-refractivity contribution >= 4 is 29.7 Å².